The van der Waals surface area contributed by atoms with Crippen molar-refractivity contribution in [1.82, 2.24) is 24.6 Å². The van der Waals surface area contributed by atoms with Crippen LogP contribution in [0, 0.1) is 5.92 Å². The standard InChI is InChI=1S/C20H31N5O2/c1-15(26)24-10-5-8-17(14-24)19-22-21-18-9-11-23(12-13-25(18)19)20(27)16-6-3-2-4-7-16/h16-17H,2-14H2,1H3. The van der Waals surface area contributed by atoms with Gasteiger partial charge >= 0.3 is 0 Å². The van der Waals surface area contributed by atoms with Crippen LogP contribution < -0.4 is 0 Å². The van der Waals surface area contributed by atoms with E-state index in [0.717, 1.165) is 76.5 Å². The molecule has 0 spiro atoms. The fraction of sp³-hybridized carbons (Fsp3) is 0.800. The molecule has 2 aliphatic heterocycles. The number of fused-ring (bicyclic) bond motifs is 1. The van der Waals surface area contributed by atoms with Crippen LogP contribution in [0.1, 0.15) is 69.4 Å². The zero-order valence-corrected chi connectivity index (χ0v) is 16.4. The van der Waals surface area contributed by atoms with Gasteiger partial charge in [-0.2, -0.15) is 0 Å². The van der Waals surface area contributed by atoms with E-state index in [1.165, 1.54) is 19.3 Å². The van der Waals surface area contributed by atoms with Gasteiger partial charge in [0, 0.05) is 57.9 Å². The Hall–Kier alpha value is -1.92. The Morgan fingerprint density at radius 1 is 0.889 bits per heavy atom. The van der Waals surface area contributed by atoms with Crippen LogP contribution in [-0.4, -0.2) is 62.6 Å². The van der Waals surface area contributed by atoms with E-state index in [9.17, 15) is 9.59 Å². The number of carbonyl (C=O) groups excluding carboxylic acids is 2. The number of hydrogen-bond acceptors (Lipinski definition) is 4. The molecular formula is C20H31N5O2. The Kier molecular flexibility index (Phi) is 5.45. The number of likely N-dealkylation sites (tertiary alicyclic amines) is 1. The van der Waals surface area contributed by atoms with Gasteiger partial charge in [-0.3, -0.25) is 9.59 Å². The number of piperidine rings is 1. The Morgan fingerprint density at radius 2 is 1.70 bits per heavy atom. The molecular weight excluding hydrogens is 342 g/mol. The minimum Gasteiger partial charge on any atom is -0.342 e. The molecule has 0 radical (unpaired) electrons. The maximum atomic E-state index is 12.9. The summed E-state index contributed by atoms with van der Waals surface area (Å²) in [6.45, 7) is 5.48. The molecule has 27 heavy (non-hydrogen) atoms. The Balaban J connectivity index is 1.44. The van der Waals surface area contributed by atoms with E-state index in [1.54, 1.807) is 6.92 Å². The van der Waals surface area contributed by atoms with Crippen LogP contribution in [0.25, 0.3) is 0 Å². The molecule has 1 aromatic heterocycles. The lowest BCUT2D eigenvalue weighted by Crippen LogP contribution is -2.39. The molecule has 0 N–H and O–H groups in total. The minimum atomic E-state index is 0.138. The first-order valence-electron chi connectivity index (χ1n) is 10.6. The summed E-state index contributed by atoms with van der Waals surface area (Å²) in [5.41, 5.74) is 0. The molecule has 148 valence electrons. The first-order valence-corrected chi connectivity index (χ1v) is 10.6. The number of hydrogen-bond donors (Lipinski definition) is 0. The summed E-state index contributed by atoms with van der Waals surface area (Å²) >= 11 is 0. The molecule has 7 heteroatoms. The average Bonchev–Trinajstić information content (AvgIpc) is 2.99. The predicted molar refractivity (Wildman–Crippen MR) is 101 cm³/mol. The highest BCUT2D eigenvalue weighted by Gasteiger charge is 2.31. The van der Waals surface area contributed by atoms with Crippen LogP contribution in [0.2, 0.25) is 0 Å². The predicted octanol–water partition coefficient (Wildman–Crippen LogP) is 1.97. The number of aromatic nitrogens is 3. The van der Waals surface area contributed by atoms with Crippen LogP contribution in [0.5, 0.6) is 0 Å². The van der Waals surface area contributed by atoms with Crippen molar-refractivity contribution in [3.8, 4) is 0 Å². The second-order valence-corrected chi connectivity index (χ2v) is 8.34. The fourth-order valence-corrected chi connectivity index (χ4v) is 4.95. The van der Waals surface area contributed by atoms with E-state index in [1.807, 2.05) is 4.90 Å². The first-order chi connectivity index (χ1) is 13.1. The van der Waals surface area contributed by atoms with Crippen molar-refractivity contribution < 1.29 is 9.59 Å². The normalized spacial score (nSPS) is 24.4. The van der Waals surface area contributed by atoms with Gasteiger partial charge in [0.05, 0.1) is 0 Å². The SMILES string of the molecule is CC(=O)N1CCCC(c2nnc3n2CCN(C(=O)C2CCCCC2)CC3)C1. The zero-order valence-electron chi connectivity index (χ0n) is 16.4. The first kappa shape index (κ1) is 18.4. The second-order valence-electron chi connectivity index (χ2n) is 8.34. The van der Waals surface area contributed by atoms with Gasteiger partial charge in [-0.25, -0.2) is 0 Å². The maximum absolute atomic E-state index is 12.9. The van der Waals surface area contributed by atoms with Gasteiger partial charge in [-0.05, 0) is 25.7 Å². The summed E-state index contributed by atoms with van der Waals surface area (Å²) in [7, 11) is 0. The molecule has 3 aliphatic rings. The van der Waals surface area contributed by atoms with E-state index in [2.05, 4.69) is 19.7 Å². The van der Waals surface area contributed by atoms with Gasteiger partial charge in [0.15, 0.2) is 0 Å². The molecule has 2 amide bonds. The summed E-state index contributed by atoms with van der Waals surface area (Å²) in [5, 5.41) is 8.93. The van der Waals surface area contributed by atoms with Gasteiger partial charge in [-0.1, -0.05) is 19.3 Å². The molecule has 3 heterocycles. The van der Waals surface area contributed by atoms with Crippen LogP contribution in [0.15, 0.2) is 0 Å². The van der Waals surface area contributed by atoms with Gasteiger partial charge in [0.1, 0.15) is 11.6 Å². The minimum absolute atomic E-state index is 0.138. The van der Waals surface area contributed by atoms with Gasteiger partial charge < -0.3 is 14.4 Å². The molecule has 1 saturated heterocycles. The zero-order chi connectivity index (χ0) is 18.8. The summed E-state index contributed by atoms with van der Waals surface area (Å²) in [5.74, 6) is 2.95. The molecule has 1 aromatic rings. The van der Waals surface area contributed by atoms with Crippen LogP contribution in [0.4, 0.5) is 0 Å². The van der Waals surface area contributed by atoms with Crippen molar-refractivity contribution in [2.45, 2.75) is 70.8 Å². The molecule has 2 fully saturated rings. The van der Waals surface area contributed by atoms with Gasteiger partial charge in [0.25, 0.3) is 0 Å². The Morgan fingerprint density at radius 3 is 2.48 bits per heavy atom. The van der Waals surface area contributed by atoms with Gasteiger partial charge in [-0.15, -0.1) is 10.2 Å². The lowest BCUT2D eigenvalue weighted by molar-refractivity contribution is -0.136. The number of rotatable bonds is 2. The van der Waals surface area contributed by atoms with Crippen molar-refractivity contribution in [1.29, 1.82) is 0 Å². The van der Waals surface area contributed by atoms with Gasteiger partial charge in [0.2, 0.25) is 11.8 Å². The second kappa shape index (κ2) is 7.98. The van der Waals surface area contributed by atoms with Crippen LogP contribution >= 0.6 is 0 Å². The number of nitrogens with zero attached hydrogens (tertiary/aromatic N) is 5. The van der Waals surface area contributed by atoms with E-state index < -0.39 is 0 Å². The molecule has 4 rings (SSSR count). The monoisotopic (exact) mass is 373 g/mol. The molecule has 1 unspecified atom stereocenters. The number of carbonyl (C=O) groups is 2. The molecule has 7 nitrogen and oxygen atoms in total. The largest absolute Gasteiger partial charge is 0.342 e. The molecule has 0 aromatic carbocycles. The highest BCUT2D eigenvalue weighted by Crippen LogP contribution is 2.28. The molecule has 0 bridgehead atoms. The summed E-state index contributed by atoms with van der Waals surface area (Å²) < 4.78 is 2.22. The van der Waals surface area contributed by atoms with E-state index >= 15 is 0 Å². The average molecular weight is 374 g/mol. The third-order valence-electron chi connectivity index (χ3n) is 6.55. The Bertz CT molecular complexity index is 695. The fourth-order valence-electron chi connectivity index (χ4n) is 4.95. The van der Waals surface area contributed by atoms with Crippen molar-refractivity contribution in [3.05, 3.63) is 11.6 Å². The van der Waals surface area contributed by atoms with E-state index in [4.69, 9.17) is 0 Å². The molecule has 1 aliphatic carbocycles. The highest BCUT2D eigenvalue weighted by molar-refractivity contribution is 5.79. The maximum Gasteiger partial charge on any atom is 0.225 e. The lowest BCUT2D eigenvalue weighted by Gasteiger charge is -2.32. The van der Waals surface area contributed by atoms with Crippen molar-refractivity contribution >= 4 is 11.8 Å². The smallest absolute Gasteiger partial charge is 0.225 e. The Labute approximate surface area is 161 Å². The van der Waals surface area contributed by atoms with E-state index in [0.29, 0.717) is 5.91 Å². The number of amides is 2. The highest BCUT2D eigenvalue weighted by atomic mass is 16.2. The van der Waals surface area contributed by atoms with Crippen molar-refractivity contribution in [2.75, 3.05) is 26.2 Å². The van der Waals surface area contributed by atoms with Crippen molar-refractivity contribution in [2.24, 2.45) is 5.92 Å². The van der Waals surface area contributed by atoms with Crippen LogP contribution in [0.3, 0.4) is 0 Å². The topological polar surface area (TPSA) is 71.3 Å². The van der Waals surface area contributed by atoms with E-state index in [-0.39, 0.29) is 17.7 Å². The third kappa shape index (κ3) is 3.87. The summed E-state index contributed by atoms with van der Waals surface area (Å²) in [6, 6.07) is 0. The molecule has 1 saturated carbocycles. The quantitative estimate of drug-likeness (QED) is 0.795. The molecule has 1 atom stereocenters. The third-order valence-corrected chi connectivity index (χ3v) is 6.55. The summed E-state index contributed by atoms with van der Waals surface area (Å²) in [4.78, 5) is 28.7. The van der Waals surface area contributed by atoms with Crippen molar-refractivity contribution in [3.63, 3.8) is 0 Å². The lowest BCUT2D eigenvalue weighted by atomic mass is 9.88. The van der Waals surface area contributed by atoms with Crippen LogP contribution in [-0.2, 0) is 22.6 Å². The summed E-state index contributed by atoms with van der Waals surface area (Å²) in [6.07, 6.45) is 8.58.